The molecule has 8 heteroatoms. The van der Waals surface area contributed by atoms with E-state index >= 15 is 0 Å². The largest absolute Gasteiger partial charge is 0.355 e. The van der Waals surface area contributed by atoms with E-state index in [9.17, 15) is 9.59 Å². The van der Waals surface area contributed by atoms with Crippen molar-refractivity contribution >= 4 is 40.3 Å². The average molecular weight is 431 g/mol. The van der Waals surface area contributed by atoms with Crippen LogP contribution in [0.5, 0.6) is 0 Å². The molecule has 0 spiro atoms. The van der Waals surface area contributed by atoms with E-state index in [2.05, 4.69) is 15.6 Å². The number of halogens is 1. The van der Waals surface area contributed by atoms with E-state index in [1.807, 2.05) is 41.5 Å². The van der Waals surface area contributed by atoms with Gasteiger partial charge in [0.15, 0.2) is 5.17 Å². The van der Waals surface area contributed by atoms with Crippen LogP contribution in [0.2, 0.25) is 5.02 Å². The highest BCUT2D eigenvalue weighted by Gasteiger charge is 2.41. The summed E-state index contributed by atoms with van der Waals surface area (Å²) < 4.78 is 0. The van der Waals surface area contributed by atoms with Gasteiger partial charge in [0.05, 0.1) is 23.7 Å². The fourth-order valence-electron chi connectivity index (χ4n) is 3.59. The SMILES string of the molecule is CNC(=O)C1=C(C)N=C2SC=C(CC(=O)NCC3CC3)N2C1c1ccccc1Cl. The lowest BCUT2D eigenvalue weighted by Crippen LogP contribution is -2.40. The number of hydrogen-bond donors (Lipinski definition) is 2. The highest BCUT2D eigenvalue weighted by molar-refractivity contribution is 8.16. The van der Waals surface area contributed by atoms with Gasteiger partial charge in [0.25, 0.3) is 5.91 Å². The first kappa shape index (κ1) is 20.0. The molecule has 6 nitrogen and oxygen atoms in total. The van der Waals surface area contributed by atoms with Crippen LogP contribution in [0.3, 0.4) is 0 Å². The topological polar surface area (TPSA) is 73.8 Å². The maximum Gasteiger partial charge on any atom is 0.251 e. The summed E-state index contributed by atoms with van der Waals surface area (Å²) in [4.78, 5) is 31.9. The summed E-state index contributed by atoms with van der Waals surface area (Å²) in [7, 11) is 1.60. The molecule has 1 aromatic carbocycles. The number of benzene rings is 1. The second kappa shape index (κ2) is 8.24. The molecule has 1 unspecified atom stereocenters. The number of allylic oxidation sites excluding steroid dienone is 1. The third-order valence-electron chi connectivity index (χ3n) is 5.30. The number of likely N-dealkylation sites (N-methyl/N-ethyl adjacent to an activating group) is 1. The van der Waals surface area contributed by atoms with Crippen molar-refractivity contribution in [3.8, 4) is 0 Å². The number of aliphatic imine (C=N–C) groups is 1. The minimum atomic E-state index is -0.436. The highest BCUT2D eigenvalue weighted by atomic mass is 35.5. The Hall–Kier alpha value is -2.25. The summed E-state index contributed by atoms with van der Waals surface area (Å²) >= 11 is 7.99. The van der Waals surface area contributed by atoms with Crippen molar-refractivity contribution in [2.24, 2.45) is 10.9 Å². The Balaban J connectivity index is 1.68. The number of amidine groups is 1. The number of hydrogen-bond acceptors (Lipinski definition) is 5. The second-order valence-corrected chi connectivity index (χ2v) is 8.66. The van der Waals surface area contributed by atoms with E-state index in [1.165, 1.54) is 24.6 Å². The molecule has 3 aliphatic rings. The van der Waals surface area contributed by atoms with E-state index in [4.69, 9.17) is 11.6 Å². The zero-order valence-electron chi connectivity index (χ0n) is 16.4. The van der Waals surface area contributed by atoms with Gasteiger partial charge in [-0.1, -0.05) is 41.6 Å². The van der Waals surface area contributed by atoms with E-state index < -0.39 is 6.04 Å². The number of nitrogens with one attached hydrogen (secondary N) is 2. The molecule has 0 radical (unpaired) electrons. The van der Waals surface area contributed by atoms with Crippen LogP contribution in [-0.4, -0.2) is 35.5 Å². The fraction of sp³-hybridized carbons (Fsp3) is 0.381. The Morgan fingerprint density at radius 2 is 2.07 bits per heavy atom. The van der Waals surface area contributed by atoms with E-state index in [-0.39, 0.29) is 18.2 Å². The number of fused-ring (bicyclic) bond motifs is 1. The second-order valence-electron chi connectivity index (χ2n) is 7.42. The Morgan fingerprint density at radius 1 is 1.31 bits per heavy atom. The average Bonchev–Trinajstić information content (AvgIpc) is 3.46. The van der Waals surface area contributed by atoms with Gasteiger partial charge in [-0.05, 0) is 42.7 Å². The van der Waals surface area contributed by atoms with E-state index in [1.54, 1.807) is 7.05 Å². The third kappa shape index (κ3) is 4.07. The summed E-state index contributed by atoms with van der Waals surface area (Å²) in [6.07, 6.45) is 2.62. The summed E-state index contributed by atoms with van der Waals surface area (Å²) in [5.74, 6) is 0.402. The zero-order valence-corrected chi connectivity index (χ0v) is 17.9. The maximum absolute atomic E-state index is 12.8. The maximum atomic E-state index is 12.8. The summed E-state index contributed by atoms with van der Waals surface area (Å²) in [5.41, 5.74) is 2.82. The molecule has 152 valence electrons. The van der Waals surface area contributed by atoms with Crippen molar-refractivity contribution in [1.82, 2.24) is 15.5 Å². The van der Waals surface area contributed by atoms with Crippen molar-refractivity contribution < 1.29 is 9.59 Å². The molecular formula is C21H23ClN4O2S. The molecule has 2 heterocycles. The molecular weight excluding hydrogens is 408 g/mol. The molecule has 0 aromatic heterocycles. The van der Waals surface area contributed by atoms with Crippen LogP contribution in [0.25, 0.3) is 0 Å². The minimum Gasteiger partial charge on any atom is -0.355 e. The number of carbonyl (C=O) groups is 2. The van der Waals surface area contributed by atoms with Gasteiger partial charge in [0, 0.05) is 24.3 Å². The third-order valence-corrected chi connectivity index (χ3v) is 6.53. The van der Waals surface area contributed by atoms with Crippen molar-refractivity contribution in [2.75, 3.05) is 13.6 Å². The van der Waals surface area contributed by atoms with Crippen molar-refractivity contribution in [3.63, 3.8) is 0 Å². The molecule has 29 heavy (non-hydrogen) atoms. The van der Waals surface area contributed by atoms with Crippen LogP contribution in [0.1, 0.15) is 37.8 Å². The van der Waals surface area contributed by atoms with E-state index in [0.29, 0.717) is 22.2 Å². The number of carbonyl (C=O) groups excluding carboxylic acids is 2. The van der Waals surface area contributed by atoms with Crippen LogP contribution in [0.15, 0.2) is 51.6 Å². The van der Waals surface area contributed by atoms with Crippen LogP contribution >= 0.6 is 23.4 Å². The molecule has 2 amide bonds. The summed E-state index contributed by atoms with van der Waals surface area (Å²) in [6.45, 7) is 2.57. The van der Waals surface area contributed by atoms with E-state index in [0.717, 1.165) is 23.0 Å². The van der Waals surface area contributed by atoms with Crippen LogP contribution in [0.4, 0.5) is 0 Å². The van der Waals surface area contributed by atoms with Gasteiger partial charge in [-0.25, -0.2) is 4.99 Å². The molecule has 1 aliphatic carbocycles. The van der Waals surface area contributed by atoms with Gasteiger partial charge in [-0.2, -0.15) is 0 Å². The van der Waals surface area contributed by atoms with Crippen LogP contribution in [-0.2, 0) is 9.59 Å². The summed E-state index contributed by atoms with van der Waals surface area (Å²) in [6, 6.07) is 7.06. The van der Waals surface area contributed by atoms with Gasteiger partial charge in [0.1, 0.15) is 0 Å². The quantitative estimate of drug-likeness (QED) is 0.723. The molecule has 1 aromatic rings. The summed E-state index contributed by atoms with van der Waals surface area (Å²) in [5, 5.41) is 9.00. The molecule has 4 rings (SSSR count). The number of thioether (sulfide) groups is 1. The Morgan fingerprint density at radius 3 is 2.76 bits per heavy atom. The van der Waals surface area contributed by atoms with Crippen LogP contribution < -0.4 is 10.6 Å². The standard InChI is InChI=1S/C21H23ClN4O2S/c1-12-18(20(28)23-2)19(15-5-3-4-6-16(15)22)26-14(11-29-21(26)25-12)9-17(27)24-10-13-7-8-13/h3-6,11,13,19H,7-10H2,1-2H3,(H,23,28)(H,24,27). The van der Waals surface area contributed by atoms with Crippen molar-refractivity contribution in [2.45, 2.75) is 32.2 Å². The lowest BCUT2D eigenvalue weighted by Gasteiger charge is -2.36. The molecule has 0 bridgehead atoms. The first-order chi connectivity index (χ1) is 14.0. The zero-order chi connectivity index (χ0) is 20.5. The lowest BCUT2D eigenvalue weighted by molar-refractivity contribution is -0.120. The number of amides is 2. The van der Waals surface area contributed by atoms with Crippen molar-refractivity contribution in [1.29, 1.82) is 0 Å². The van der Waals surface area contributed by atoms with Gasteiger partial charge < -0.3 is 15.5 Å². The normalized spacial score (nSPS) is 20.8. The Labute approximate surface area is 179 Å². The molecule has 2 aliphatic heterocycles. The molecule has 1 atom stereocenters. The molecule has 0 saturated heterocycles. The number of nitrogens with zero attached hydrogens (tertiary/aromatic N) is 2. The van der Waals surface area contributed by atoms with Gasteiger partial charge in [-0.3, -0.25) is 9.59 Å². The molecule has 1 fully saturated rings. The smallest absolute Gasteiger partial charge is 0.251 e. The molecule has 2 N–H and O–H groups in total. The van der Waals surface area contributed by atoms with Gasteiger partial charge in [0.2, 0.25) is 5.91 Å². The Kier molecular flexibility index (Phi) is 5.69. The predicted octanol–water partition coefficient (Wildman–Crippen LogP) is 3.58. The highest BCUT2D eigenvalue weighted by Crippen LogP contribution is 2.46. The minimum absolute atomic E-state index is 0.0179. The monoisotopic (exact) mass is 430 g/mol. The fourth-order valence-corrected chi connectivity index (χ4v) is 4.80. The Bertz CT molecular complexity index is 952. The predicted molar refractivity (Wildman–Crippen MR) is 116 cm³/mol. The number of rotatable bonds is 6. The first-order valence-corrected chi connectivity index (χ1v) is 10.9. The van der Waals surface area contributed by atoms with Gasteiger partial charge >= 0.3 is 0 Å². The first-order valence-electron chi connectivity index (χ1n) is 9.67. The van der Waals surface area contributed by atoms with Crippen LogP contribution in [0, 0.1) is 5.92 Å². The lowest BCUT2D eigenvalue weighted by atomic mass is 9.93. The van der Waals surface area contributed by atoms with Gasteiger partial charge in [-0.15, -0.1) is 0 Å². The van der Waals surface area contributed by atoms with Crippen molar-refractivity contribution in [3.05, 3.63) is 57.2 Å². The molecule has 1 saturated carbocycles.